The minimum Gasteiger partial charge on any atom is -0.486 e. The molecule has 3 aromatic carbocycles. The van der Waals surface area contributed by atoms with E-state index in [1.807, 2.05) is 0 Å². The second-order valence-corrected chi connectivity index (χ2v) is 9.75. The van der Waals surface area contributed by atoms with E-state index in [2.05, 4.69) is 53.1 Å². The third kappa shape index (κ3) is 5.13. The zero-order chi connectivity index (χ0) is 24.4. The number of hydrogen-bond acceptors (Lipinski definition) is 4. The molecule has 0 bridgehead atoms. The van der Waals surface area contributed by atoms with Crippen LogP contribution in [0.4, 0.5) is 14.9 Å². The largest absolute Gasteiger partial charge is 0.486 e. The third-order valence-corrected chi connectivity index (χ3v) is 6.55. The van der Waals surface area contributed by atoms with Crippen LogP contribution < -0.4 is 15.0 Å². The molecule has 0 spiro atoms. The highest BCUT2D eigenvalue weighted by Crippen LogP contribution is 2.36. The van der Waals surface area contributed by atoms with E-state index < -0.39 is 17.8 Å². The number of hydrogen-bond donors (Lipinski definition) is 1. The van der Waals surface area contributed by atoms with Crippen molar-refractivity contribution in [3.8, 4) is 5.75 Å². The molecule has 0 aromatic heterocycles. The Morgan fingerprint density at radius 3 is 2.24 bits per heavy atom. The first-order valence-electron chi connectivity index (χ1n) is 9.77. The van der Waals surface area contributed by atoms with Crippen molar-refractivity contribution < 1.29 is 23.5 Å². The summed E-state index contributed by atoms with van der Waals surface area (Å²) in [6, 6.07) is 15.3. The van der Waals surface area contributed by atoms with Crippen LogP contribution in [-0.2, 0) is 16.2 Å². The maximum absolute atomic E-state index is 13.9. The van der Waals surface area contributed by atoms with Crippen molar-refractivity contribution in [3.63, 3.8) is 0 Å². The number of urea groups is 1. The highest BCUT2D eigenvalue weighted by atomic mass is 79.9. The minimum atomic E-state index is -0.825. The number of imide groups is 2. The Morgan fingerprint density at radius 2 is 1.59 bits per heavy atom. The molecule has 0 aliphatic carbocycles. The first kappa shape index (κ1) is 24.3. The lowest BCUT2D eigenvalue weighted by molar-refractivity contribution is -0.122. The molecule has 1 aliphatic heterocycles. The van der Waals surface area contributed by atoms with Gasteiger partial charge in [-0.3, -0.25) is 14.9 Å². The highest BCUT2D eigenvalue weighted by Gasteiger charge is 2.36. The van der Waals surface area contributed by atoms with Gasteiger partial charge in [-0.05, 0) is 86.0 Å². The van der Waals surface area contributed by atoms with E-state index >= 15 is 0 Å². The van der Waals surface area contributed by atoms with Gasteiger partial charge in [0.1, 0.15) is 23.7 Å². The van der Waals surface area contributed by atoms with Crippen LogP contribution in [0.5, 0.6) is 5.75 Å². The molecule has 4 rings (SSSR count). The van der Waals surface area contributed by atoms with E-state index in [4.69, 9.17) is 4.74 Å². The summed E-state index contributed by atoms with van der Waals surface area (Å²) in [7, 11) is 0. The Hall–Kier alpha value is -2.82. The number of carbonyl (C=O) groups excluding carboxylic acids is 3. The van der Waals surface area contributed by atoms with Crippen LogP contribution in [-0.4, -0.2) is 17.8 Å². The van der Waals surface area contributed by atoms with Crippen molar-refractivity contribution in [2.24, 2.45) is 0 Å². The number of barbiturate groups is 1. The van der Waals surface area contributed by atoms with Crippen LogP contribution in [0, 0.1) is 5.82 Å². The average Bonchev–Trinajstić information content (AvgIpc) is 2.78. The molecule has 1 fully saturated rings. The molecule has 0 unspecified atom stereocenters. The molecule has 4 amide bonds. The van der Waals surface area contributed by atoms with Gasteiger partial charge in [-0.2, -0.15) is 0 Å². The van der Waals surface area contributed by atoms with Crippen LogP contribution in [0.1, 0.15) is 11.1 Å². The molecule has 0 atom stereocenters. The Morgan fingerprint density at radius 1 is 0.941 bits per heavy atom. The van der Waals surface area contributed by atoms with Crippen molar-refractivity contribution >= 4 is 77.4 Å². The maximum Gasteiger partial charge on any atom is 0.335 e. The summed E-state index contributed by atoms with van der Waals surface area (Å²) >= 11 is 10.1. The van der Waals surface area contributed by atoms with Gasteiger partial charge in [0.15, 0.2) is 0 Å². The van der Waals surface area contributed by atoms with E-state index in [1.54, 1.807) is 54.6 Å². The smallest absolute Gasteiger partial charge is 0.335 e. The number of ether oxygens (including phenoxy) is 1. The van der Waals surface area contributed by atoms with E-state index in [-0.39, 0.29) is 18.0 Å². The Bertz CT molecular complexity index is 1320. The van der Waals surface area contributed by atoms with Crippen molar-refractivity contribution in [3.05, 3.63) is 96.6 Å². The predicted octanol–water partition coefficient (Wildman–Crippen LogP) is 6.36. The standard InChI is InChI=1S/C24H14Br3FN2O4/c25-15-5-7-16(8-6-15)30-23(32)17(22(31)29-24(30)33)9-13-10-18(26)21(19(27)11-13)34-12-14-3-1-2-4-20(14)28/h1-11H,12H2,(H,29,31,33)/b17-9+. The molecule has 10 heteroatoms. The van der Waals surface area contributed by atoms with Crippen LogP contribution in [0.2, 0.25) is 0 Å². The summed E-state index contributed by atoms with van der Waals surface area (Å²) < 4.78 is 21.5. The van der Waals surface area contributed by atoms with Gasteiger partial charge in [-0.1, -0.05) is 34.1 Å². The van der Waals surface area contributed by atoms with E-state index in [0.29, 0.717) is 31.5 Å². The number of halogens is 4. The summed E-state index contributed by atoms with van der Waals surface area (Å²) in [4.78, 5) is 38.7. The number of rotatable bonds is 5. The quantitative estimate of drug-likeness (QED) is 0.257. The molecule has 1 aliphatic rings. The first-order valence-corrected chi connectivity index (χ1v) is 12.1. The lowest BCUT2D eigenvalue weighted by Crippen LogP contribution is -2.54. The van der Waals surface area contributed by atoms with Crippen molar-refractivity contribution in [2.45, 2.75) is 6.61 Å². The van der Waals surface area contributed by atoms with Gasteiger partial charge < -0.3 is 4.74 Å². The predicted molar refractivity (Wildman–Crippen MR) is 136 cm³/mol. The first-order chi connectivity index (χ1) is 16.2. The van der Waals surface area contributed by atoms with Crippen LogP contribution in [0.25, 0.3) is 6.08 Å². The summed E-state index contributed by atoms with van der Waals surface area (Å²) in [5.74, 6) is -1.49. The van der Waals surface area contributed by atoms with Crippen LogP contribution in [0.15, 0.2) is 79.7 Å². The number of nitrogens with zero attached hydrogens (tertiary/aromatic N) is 1. The third-order valence-electron chi connectivity index (χ3n) is 4.85. The molecular weight excluding hydrogens is 639 g/mol. The average molecular weight is 653 g/mol. The molecular formula is C24H14Br3FN2O4. The van der Waals surface area contributed by atoms with Gasteiger partial charge in [0.2, 0.25) is 0 Å². The zero-order valence-corrected chi connectivity index (χ0v) is 21.9. The second-order valence-electron chi connectivity index (χ2n) is 7.13. The topological polar surface area (TPSA) is 75.7 Å². The second kappa shape index (κ2) is 10.2. The number of benzene rings is 3. The summed E-state index contributed by atoms with van der Waals surface area (Å²) in [6.45, 7) is 0.00939. The number of nitrogens with one attached hydrogen (secondary N) is 1. The highest BCUT2D eigenvalue weighted by molar-refractivity contribution is 9.11. The van der Waals surface area contributed by atoms with Crippen molar-refractivity contribution in [1.29, 1.82) is 0 Å². The monoisotopic (exact) mass is 650 g/mol. The fourth-order valence-electron chi connectivity index (χ4n) is 3.21. The Labute approximate surface area is 219 Å². The fraction of sp³-hybridized carbons (Fsp3) is 0.0417. The van der Waals surface area contributed by atoms with Crippen molar-refractivity contribution in [2.75, 3.05) is 4.90 Å². The van der Waals surface area contributed by atoms with E-state index in [1.165, 1.54) is 12.1 Å². The molecule has 1 N–H and O–H groups in total. The molecule has 1 heterocycles. The fourth-order valence-corrected chi connectivity index (χ4v) is 4.93. The molecule has 1 saturated heterocycles. The maximum atomic E-state index is 13.9. The molecule has 34 heavy (non-hydrogen) atoms. The van der Waals surface area contributed by atoms with Gasteiger partial charge in [0.05, 0.1) is 14.6 Å². The van der Waals surface area contributed by atoms with E-state index in [9.17, 15) is 18.8 Å². The number of amides is 4. The Kier molecular flexibility index (Phi) is 7.30. The lowest BCUT2D eigenvalue weighted by atomic mass is 10.1. The van der Waals surface area contributed by atoms with Gasteiger partial charge in [-0.25, -0.2) is 14.1 Å². The summed E-state index contributed by atoms with van der Waals surface area (Å²) in [5, 5.41) is 2.19. The van der Waals surface area contributed by atoms with E-state index in [0.717, 1.165) is 9.37 Å². The molecule has 6 nitrogen and oxygen atoms in total. The molecule has 3 aromatic rings. The number of anilines is 1. The molecule has 0 saturated carbocycles. The molecule has 0 radical (unpaired) electrons. The van der Waals surface area contributed by atoms with Crippen molar-refractivity contribution in [1.82, 2.24) is 5.32 Å². The Balaban J connectivity index is 1.61. The SMILES string of the molecule is O=C1NC(=O)N(c2ccc(Br)cc2)C(=O)/C1=C/c1cc(Br)c(OCc2ccccc2F)c(Br)c1. The normalized spacial score (nSPS) is 15.0. The summed E-state index contributed by atoms with van der Waals surface area (Å²) in [5.41, 5.74) is 1.01. The number of carbonyl (C=O) groups is 3. The summed E-state index contributed by atoms with van der Waals surface area (Å²) in [6.07, 6.45) is 1.38. The molecule has 172 valence electrons. The van der Waals surface area contributed by atoms with Gasteiger partial charge >= 0.3 is 6.03 Å². The minimum absolute atomic E-state index is 0.00939. The van der Waals surface area contributed by atoms with Crippen LogP contribution >= 0.6 is 47.8 Å². The zero-order valence-electron chi connectivity index (χ0n) is 17.2. The van der Waals surface area contributed by atoms with Gasteiger partial charge in [0, 0.05) is 10.0 Å². The van der Waals surface area contributed by atoms with Gasteiger partial charge in [-0.15, -0.1) is 0 Å². The lowest BCUT2D eigenvalue weighted by Gasteiger charge is -2.26. The van der Waals surface area contributed by atoms with Gasteiger partial charge in [0.25, 0.3) is 11.8 Å². The van der Waals surface area contributed by atoms with Crippen LogP contribution in [0.3, 0.4) is 0 Å².